The van der Waals surface area contributed by atoms with Crippen molar-refractivity contribution in [1.82, 2.24) is 10.2 Å². The van der Waals surface area contributed by atoms with E-state index in [2.05, 4.69) is 19.2 Å². The summed E-state index contributed by atoms with van der Waals surface area (Å²) in [6, 6.07) is 6.01. The second kappa shape index (κ2) is 7.38. The van der Waals surface area contributed by atoms with E-state index in [0.717, 1.165) is 0 Å². The van der Waals surface area contributed by atoms with E-state index in [-0.39, 0.29) is 23.3 Å². The van der Waals surface area contributed by atoms with Gasteiger partial charge in [-0.15, -0.1) is 0 Å². The zero-order chi connectivity index (χ0) is 16.1. The fourth-order valence-electron chi connectivity index (χ4n) is 2.60. The summed E-state index contributed by atoms with van der Waals surface area (Å²) in [5.74, 6) is -0.356. The lowest BCUT2D eigenvalue weighted by Crippen LogP contribution is -2.43. The first-order valence-corrected chi connectivity index (χ1v) is 7.80. The first-order valence-electron chi connectivity index (χ1n) is 7.80. The van der Waals surface area contributed by atoms with Gasteiger partial charge in [0.05, 0.1) is 5.56 Å². The number of likely N-dealkylation sites (tertiary alicyclic amines) is 1. The van der Waals surface area contributed by atoms with Crippen LogP contribution in [0.1, 0.15) is 37.0 Å². The molecule has 0 atom stereocenters. The summed E-state index contributed by atoms with van der Waals surface area (Å²) in [6.07, 6.45) is 1.26. The van der Waals surface area contributed by atoms with Crippen LogP contribution in [0.3, 0.4) is 0 Å². The van der Waals surface area contributed by atoms with Gasteiger partial charge in [-0.3, -0.25) is 9.59 Å². The molecular weight excluding hydrogens is 283 g/mol. The lowest BCUT2D eigenvalue weighted by atomic mass is 9.95. The van der Waals surface area contributed by atoms with Gasteiger partial charge < -0.3 is 10.2 Å². The molecule has 0 aliphatic carbocycles. The molecule has 120 valence electrons. The smallest absolute Gasteiger partial charge is 0.256 e. The Hall–Kier alpha value is -1.91. The van der Waals surface area contributed by atoms with Crippen LogP contribution in [-0.2, 0) is 4.79 Å². The van der Waals surface area contributed by atoms with Crippen molar-refractivity contribution in [3.05, 3.63) is 35.6 Å². The van der Waals surface area contributed by atoms with Gasteiger partial charge in [-0.25, -0.2) is 4.39 Å². The Kier molecular flexibility index (Phi) is 5.52. The van der Waals surface area contributed by atoms with E-state index >= 15 is 0 Å². The summed E-state index contributed by atoms with van der Waals surface area (Å²) in [7, 11) is 0. The molecule has 2 rings (SSSR count). The highest BCUT2D eigenvalue weighted by Crippen LogP contribution is 2.20. The molecule has 0 aromatic heterocycles. The van der Waals surface area contributed by atoms with Gasteiger partial charge in [0.1, 0.15) is 5.82 Å². The lowest BCUT2D eigenvalue weighted by Gasteiger charge is -2.31. The van der Waals surface area contributed by atoms with Crippen molar-refractivity contribution in [3.8, 4) is 0 Å². The molecule has 0 unspecified atom stereocenters. The topological polar surface area (TPSA) is 49.4 Å². The van der Waals surface area contributed by atoms with Crippen LogP contribution >= 0.6 is 0 Å². The number of carbonyl (C=O) groups excluding carboxylic acids is 2. The minimum Gasteiger partial charge on any atom is -0.356 e. The Bertz CT molecular complexity index is 537. The van der Waals surface area contributed by atoms with Crippen molar-refractivity contribution in [2.45, 2.75) is 26.7 Å². The quantitative estimate of drug-likeness (QED) is 0.929. The SMILES string of the molecule is CC(C)CNC(=O)C1CCN(C(=O)c2ccccc2F)CC1. The fourth-order valence-corrected chi connectivity index (χ4v) is 2.60. The third kappa shape index (κ3) is 4.06. The first kappa shape index (κ1) is 16.5. The highest BCUT2D eigenvalue weighted by Gasteiger charge is 2.28. The number of piperidine rings is 1. The molecule has 5 heteroatoms. The average Bonchev–Trinajstić information content (AvgIpc) is 2.52. The number of hydrogen-bond acceptors (Lipinski definition) is 2. The zero-order valence-electron chi connectivity index (χ0n) is 13.1. The highest BCUT2D eigenvalue weighted by molar-refractivity contribution is 5.94. The Morgan fingerprint density at radius 2 is 1.91 bits per heavy atom. The van der Waals surface area contributed by atoms with Crippen LogP contribution in [0.2, 0.25) is 0 Å². The number of hydrogen-bond donors (Lipinski definition) is 1. The number of benzene rings is 1. The van der Waals surface area contributed by atoms with Crippen molar-refractivity contribution in [3.63, 3.8) is 0 Å². The maximum atomic E-state index is 13.7. The Morgan fingerprint density at radius 1 is 1.27 bits per heavy atom. The van der Waals surface area contributed by atoms with Crippen LogP contribution < -0.4 is 5.32 Å². The normalized spacial score (nSPS) is 15.9. The average molecular weight is 306 g/mol. The number of nitrogens with one attached hydrogen (secondary N) is 1. The van der Waals surface area contributed by atoms with Crippen LogP contribution in [0.25, 0.3) is 0 Å². The molecule has 1 fully saturated rings. The molecule has 0 radical (unpaired) electrons. The van der Waals surface area contributed by atoms with E-state index in [4.69, 9.17) is 0 Å². The maximum absolute atomic E-state index is 13.7. The van der Waals surface area contributed by atoms with Crippen molar-refractivity contribution < 1.29 is 14.0 Å². The fraction of sp³-hybridized carbons (Fsp3) is 0.529. The number of nitrogens with zero attached hydrogens (tertiary/aromatic N) is 1. The molecule has 1 heterocycles. The Morgan fingerprint density at radius 3 is 2.50 bits per heavy atom. The highest BCUT2D eigenvalue weighted by atomic mass is 19.1. The number of rotatable bonds is 4. The van der Waals surface area contributed by atoms with Gasteiger partial charge in [0.2, 0.25) is 5.91 Å². The van der Waals surface area contributed by atoms with E-state index in [0.29, 0.717) is 38.4 Å². The van der Waals surface area contributed by atoms with Crippen LogP contribution in [0.5, 0.6) is 0 Å². The Balaban J connectivity index is 1.88. The summed E-state index contributed by atoms with van der Waals surface area (Å²) in [5, 5.41) is 2.93. The van der Waals surface area contributed by atoms with E-state index < -0.39 is 5.82 Å². The molecular formula is C17H23FN2O2. The van der Waals surface area contributed by atoms with Gasteiger partial charge in [0.25, 0.3) is 5.91 Å². The Labute approximate surface area is 130 Å². The van der Waals surface area contributed by atoms with Crippen LogP contribution in [0.4, 0.5) is 4.39 Å². The van der Waals surface area contributed by atoms with Crippen LogP contribution in [0.15, 0.2) is 24.3 Å². The van der Waals surface area contributed by atoms with Crippen molar-refractivity contribution in [2.75, 3.05) is 19.6 Å². The summed E-state index contributed by atoms with van der Waals surface area (Å²) in [5.41, 5.74) is 0.102. The van der Waals surface area contributed by atoms with Crippen molar-refractivity contribution in [2.24, 2.45) is 11.8 Å². The molecule has 1 N–H and O–H groups in total. The minimum absolute atomic E-state index is 0.0524. The molecule has 1 aliphatic rings. The lowest BCUT2D eigenvalue weighted by molar-refractivity contribution is -0.126. The van der Waals surface area contributed by atoms with E-state index in [1.54, 1.807) is 17.0 Å². The van der Waals surface area contributed by atoms with E-state index in [9.17, 15) is 14.0 Å². The van der Waals surface area contributed by atoms with E-state index in [1.807, 2.05) is 0 Å². The second-order valence-corrected chi connectivity index (χ2v) is 6.19. The van der Waals surface area contributed by atoms with E-state index in [1.165, 1.54) is 12.1 Å². The number of amides is 2. The van der Waals surface area contributed by atoms with Gasteiger partial charge in [-0.05, 0) is 30.9 Å². The molecule has 1 saturated heterocycles. The molecule has 4 nitrogen and oxygen atoms in total. The standard InChI is InChI=1S/C17H23FN2O2/c1-12(2)11-19-16(21)13-7-9-20(10-8-13)17(22)14-5-3-4-6-15(14)18/h3-6,12-13H,7-11H2,1-2H3,(H,19,21). The molecule has 1 aliphatic heterocycles. The van der Waals surface area contributed by atoms with Gasteiger partial charge in [-0.1, -0.05) is 26.0 Å². The van der Waals surface area contributed by atoms with Crippen molar-refractivity contribution in [1.29, 1.82) is 0 Å². The third-order valence-corrected chi connectivity index (χ3v) is 3.94. The van der Waals surface area contributed by atoms with Gasteiger partial charge >= 0.3 is 0 Å². The molecule has 0 spiro atoms. The zero-order valence-corrected chi connectivity index (χ0v) is 13.1. The minimum atomic E-state index is -0.496. The van der Waals surface area contributed by atoms with Gasteiger partial charge in [0.15, 0.2) is 0 Å². The monoisotopic (exact) mass is 306 g/mol. The van der Waals surface area contributed by atoms with Crippen LogP contribution in [0, 0.1) is 17.7 Å². The number of halogens is 1. The second-order valence-electron chi connectivity index (χ2n) is 6.19. The number of carbonyl (C=O) groups is 2. The molecule has 0 bridgehead atoms. The molecule has 1 aromatic carbocycles. The maximum Gasteiger partial charge on any atom is 0.256 e. The summed E-state index contributed by atoms with van der Waals surface area (Å²) >= 11 is 0. The summed E-state index contributed by atoms with van der Waals surface area (Å²) in [6.45, 7) is 5.76. The summed E-state index contributed by atoms with van der Waals surface area (Å²) in [4.78, 5) is 26.0. The van der Waals surface area contributed by atoms with Crippen LogP contribution in [-0.4, -0.2) is 36.3 Å². The summed E-state index contributed by atoms with van der Waals surface area (Å²) < 4.78 is 13.7. The largest absolute Gasteiger partial charge is 0.356 e. The molecule has 22 heavy (non-hydrogen) atoms. The first-order chi connectivity index (χ1) is 10.5. The molecule has 2 amide bonds. The molecule has 1 aromatic rings. The van der Waals surface area contributed by atoms with Gasteiger partial charge in [-0.2, -0.15) is 0 Å². The third-order valence-electron chi connectivity index (χ3n) is 3.94. The predicted octanol–water partition coefficient (Wildman–Crippen LogP) is 2.45. The molecule has 0 saturated carbocycles. The predicted molar refractivity (Wildman–Crippen MR) is 82.9 cm³/mol. The van der Waals surface area contributed by atoms with Gasteiger partial charge in [0, 0.05) is 25.6 Å². The van der Waals surface area contributed by atoms with Crippen molar-refractivity contribution >= 4 is 11.8 Å².